The fraction of sp³-hybridized carbons (Fsp3) is 0.478. The maximum atomic E-state index is 5.48. The van der Waals surface area contributed by atoms with Crippen LogP contribution in [-0.2, 0) is 13.1 Å². The third-order valence-electron chi connectivity index (χ3n) is 5.73. The minimum absolute atomic E-state index is 0.676. The Bertz CT molecular complexity index is 996. The summed E-state index contributed by atoms with van der Waals surface area (Å²) < 4.78 is 12.9. The minimum Gasteiger partial charge on any atom is -0.497 e. The summed E-state index contributed by atoms with van der Waals surface area (Å²) in [5.74, 6) is 1.67. The predicted octanol–water partition coefficient (Wildman–Crippen LogP) is 3.17. The van der Waals surface area contributed by atoms with E-state index in [9.17, 15) is 0 Å². The smallest absolute Gasteiger partial charge is 0.218 e. The molecule has 4 rings (SSSR count). The molecule has 1 aliphatic rings. The van der Waals surface area contributed by atoms with Gasteiger partial charge in [-0.3, -0.25) is 9.47 Å². The average molecular weight is 457 g/mol. The number of hydrogen-bond acceptors (Lipinski definition) is 8. The number of nitrogens with zero attached hydrogens (tertiary/aromatic N) is 5. The van der Waals surface area contributed by atoms with Crippen molar-refractivity contribution in [2.75, 3.05) is 51.8 Å². The summed E-state index contributed by atoms with van der Waals surface area (Å²) in [7, 11) is 3.36. The van der Waals surface area contributed by atoms with Crippen molar-refractivity contribution in [3.63, 3.8) is 0 Å². The summed E-state index contributed by atoms with van der Waals surface area (Å²) in [6.45, 7) is 9.00. The minimum atomic E-state index is 0.676. The van der Waals surface area contributed by atoms with Crippen molar-refractivity contribution in [2.45, 2.75) is 26.4 Å². The standard InChI is InChI=1S/C23H32N6O2S/c1-4-9-27-11-13-28(14-12-27)22-25-26-23(32-22)29-10-5-6-19(29)17-24-16-18-15-20(30-2)7-8-21(18)31-3/h5-8,10,15,24H,4,9,11-14,16-17H2,1-3H3. The molecule has 32 heavy (non-hydrogen) atoms. The molecule has 0 bridgehead atoms. The highest BCUT2D eigenvalue weighted by molar-refractivity contribution is 7.17. The van der Waals surface area contributed by atoms with E-state index in [0.717, 1.165) is 59.2 Å². The normalized spacial score (nSPS) is 14.7. The Labute approximate surface area is 193 Å². The van der Waals surface area contributed by atoms with Crippen molar-refractivity contribution in [1.82, 2.24) is 25.0 Å². The van der Waals surface area contributed by atoms with Crippen LogP contribution in [0.3, 0.4) is 0 Å². The van der Waals surface area contributed by atoms with Crippen molar-refractivity contribution in [3.8, 4) is 16.6 Å². The molecule has 1 aromatic carbocycles. The lowest BCUT2D eigenvalue weighted by Crippen LogP contribution is -2.46. The molecule has 0 radical (unpaired) electrons. The summed E-state index contributed by atoms with van der Waals surface area (Å²) in [4.78, 5) is 4.87. The molecule has 1 N–H and O–H groups in total. The van der Waals surface area contributed by atoms with Gasteiger partial charge in [-0.05, 0) is 43.3 Å². The van der Waals surface area contributed by atoms with Gasteiger partial charge in [0.05, 0.1) is 14.2 Å². The fourth-order valence-electron chi connectivity index (χ4n) is 4.00. The molecule has 9 heteroatoms. The molecule has 1 aliphatic heterocycles. The number of rotatable bonds is 10. The number of aromatic nitrogens is 3. The lowest BCUT2D eigenvalue weighted by Gasteiger charge is -2.33. The van der Waals surface area contributed by atoms with Crippen LogP contribution < -0.4 is 19.7 Å². The van der Waals surface area contributed by atoms with Crippen LogP contribution in [0, 0.1) is 0 Å². The second kappa shape index (κ2) is 10.8. The summed E-state index contributed by atoms with van der Waals surface area (Å²) in [5, 5.41) is 14.4. The number of nitrogens with one attached hydrogen (secondary N) is 1. The van der Waals surface area contributed by atoms with Gasteiger partial charge >= 0.3 is 0 Å². The summed E-state index contributed by atoms with van der Waals surface area (Å²) in [5.41, 5.74) is 2.20. The first-order chi connectivity index (χ1) is 15.7. The molecule has 1 fully saturated rings. The zero-order valence-corrected chi connectivity index (χ0v) is 19.9. The number of hydrogen-bond donors (Lipinski definition) is 1. The molecule has 0 atom stereocenters. The number of piperazine rings is 1. The highest BCUT2D eigenvalue weighted by Gasteiger charge is 2.20. The first kappa shape index (κ1) is 22.6. The molecule has 0 unspecified atom stereocenters. The van der Waals surface area contributed by atoms with Gasteiger partial charge in [0, 0.05) is 56.7 Å². The molecular weight excluding hydrogens is 424 g/mol. The van der Waals surface area contributed by atoms with Crippen molar-refractivity contribution in [3.05, 3.63) is 47.8 Å². The topological polar surface area (TPSA) is 67.7 Å². The Kier molecular flexibility index (Phi) is 7.62. The van der Waals surface area contributed by atoms with Crippen molar-refractivity contribution in [2.24, 2.45) is 0 Å². The largest absolute Gasteiger partial charge is 0.497 e. The van der Waals surface area contributed by atoms with Gasteiger partial charge in [0.2, 0.25) is 10.3 Å². The average Bonchev–Trinajstić information content (AvgIpc) is 3.49. The maximum absolute atomic E-state index is 5.48. The van der Waals surface area contributed by atoms with Gasteiger partial charge in [-0.2, -0.15) is 0 Å². The van der Waals surface area contributed by atoms with Gasteiger partial charge in [-0.1, -0.05) is 18.3 Å². The number of ether oxygens (including phenoxy) is 2. The van der Waals surface area contributed by atoms with Gasteiger partial charge in [0.1, 0.15) is 11.5 Å². The van der Waals surface area contributed by atoms with E-state index in [4.69, 9.17) is 9.47 Å². The van der Waals surface area contributed by atoms with Crippen molar-refractivity contribution >= 4 is 16.5 Å². The SMILES string of the molecule is CCCN1CCN(c2nnc(-n3cccc3CNCc3cc(OC)ccc3OC)s2)CC1. The van der Waals surface area contributed by atoms with Gasteiger partial charge < -0.3 is 19.7 Å². The Morgan fingerprint density at radius 1 is 1.00 bits per heavy atom. The molecular formula is C23H32N6O2S. The molecule has 2 aromatic heterocycles. The third kappa shape index (κ3) is 5.23. The highest BCUT2D eigenvalue weighted by Crippen LogP contribution is 2.26. The molecule has 0 aliphatic carbocycles. The van der Waals surface area contributed by atoms with Gasteiger partial charge in [0.15, 0.2) is 0 Å². The Morgan fingerprint density at radius 3 is 2.56 bits per heavy atom. The molecule has 3 heterocycles. The van der Waals surface area contributed by atoms with Crippen LogP contribution in [0.2, 0.25) is 0 Å². The Hall–Kier alpha value is -2.62. The van der Waals surface area contributed by atoms with E-state index >= 15 is 0 Å². The zero-order valence-electron chi connectivity index (χ0n) is 19.1. The lowest BCUT2D eigenvalue weighted by molar-refractivity contribution is 0.258. The predicted molar refractivity (Wildman–Crippen MR) is 128 cm³/mol. The van der Waals surface area contributed by atoms with Crippen LogP contribution in [0.1, 0.15) is 24.6 Å². The fourth-order valence-corrected chi connectivity index (χ4v) is 4.92. The number of benzene rings is 1. The molecule has 0 spiro atoms. The first-order valence-electron chi connectivity index (χ1n) is 11.1. The van der Waals surface area contributed by atoms with Crippen LogP contribution in [-0.4, -0.2) is 66.6 Å². The van der Waals surface area contributed by atoms with Crippen LogP contribution in [0.25, 0.3) is 5.13 Å². The molecule has 0 saturated carbocycles. The van der Waals surface area contributed by atoms with Gasteiger partial charge in [0.25, 0.3) is 0 Å². The summed E-state index contributed by atoms with van der Waals surface area (Å²) in [6.07, 6.45) is 3.25. The molecule has 3 aromatic rings. The Balaban J connectivity index is 1.38. The van der Waals surface area contributed by atoms with Crippen molar-refractivity contribution < 1.29 is 9.47 Å². The van der Waals surface area contributed by atoms with E-state index in [2.05, 4.69) is 42.9 Å². The third-order valence-corrected chi connectivity index (χ3v) is 6.72. The summed E-state index contributed by atoms with van der Waals surface area (Å²) >= 11 is 1.65. The van der Waals surface area contributed by atoms with E-state index in [-0.39, 0.29) is 0 Å². The maximum Gasteiger partial charge on any atom is 0.218 e. The lowest BCUT2D eigenvalue weighted by atomic mass is 10.2. The first-order valence-corrected chi connectivity index (χ1v) is 11.9. The van der Waals surface area contributed by atoms with E-state index < -0.39 is 0 Å². The van der Waals surface area contributed by atoms with Gasteiger partial charge in [-0.15, -0.1) is 10.2 Å². The van der Waals surface area contributed by atoms with E-state index in [1.807, 2.05) is 30.5 Å². The van der Waals surface area contributed by atoms with E-state index in [1.165, 1.54) is 13.0 Å². The van der Waals surface area contributed by atoms with Crippen LogP contribution in [0.15, 0.2) is 36.5 Å². The molecule has 1 saturated heterocycles. The Morgan fingerprint density at radius 2 is 1.81 bits per heavy atom. The highest BCUT2D eigenvalue weighted by atomic mass is 32.1. The number of methoxy groups -OCH3 is 2. The second-order valence-corrected chi connectivity index (χ2v) is 8.78. The molecule has 0 amide bonds. The summed E-state index contributed by atoms with van der Waals surface area (Å²) in [6, 6.07) is 10.0. The van der Waals surface area contributed by atoms with E-state index in [0.29, 0.717) is 13.1 Å². The van der Waals surface area contributed by atoms with Crippen molar-refractivity contribution in [1.29, 1.82) is 0 Å². The number of anilines is 1. The van der Waals surface area contributed by atoms with Crippen LogP contribution in [0.5, 0.6) is 11.5 Å². The zero-order chi connectivity index (χ0) is 22.3. The molecule has 172 valence electrons. The quantitative estimate of drug-likeness (QED) is 0.503. The molecule has 8 nitrogen and oxygen atoms in total. The van der Waals surface area contributed by atoms with Crippen LogP contribution in [0.4, 0.5) is 5.13 Å². The monoisotopic (exact) mass is 456 g/mol. The van der Waals surface area contributed by atoms with Crippen LogP contribution >= 0.6 is 11.3 Å². The second-order valence-electron chi connectivity index (χ2n) is 7.85. The van der Waals surface area contributed by atoms with E-state index in [1.54, 1.807) is 25.6 Å². The van der Waals surface area contributed by atoms with Gasteiger partial charge in [-0.25, -0.2) is 0 Å².